The van der Waals surface area contributed by atoms with Crippen LogP contribution in [0, 0.1) is 0 Å². The number of rotatable bonds is 1. The third-order valence-electron chi connectivity index (χ3n) is 2.10. The van der Waals surface area contributed by atoms with Crippen LogP contribution in [0.5, 0.6) is 0 Å². The molecule has 2 rings (SSSR count). The first-order chi connectivity index (χ1) is 7.61. The molecule has 0 saturated carbocycles. The van der Waals surface area contributed by atoms with Gasteiger partial charge in [0.1, 0.15) is 0 Å². The Morgan fingerprint density at radius 1 is 0.750 bits per heavy atom. The fourth-order valence-corrected chi connectivity index (χ4v) is 2.19. The molecule has 1 heterocycles. The quantitative estimate of drug-likeness (QED) is 0.645. The molecule has 1 aromatic heterocycles. The number of pyridine rings is 1. The lowest BCUT2D eigenvalue weighted by Gasteiger charge is -2.08. The Kier molecular flexibility index (Phi) is 3.60. The molecule has 0 aliphatic carbocycles. The van der Waals surface area contributed by atoms with Crippen LogP contribution >= 0.6 is 46.4 Å². The van der Waals surface area contributed by atoms with Gasteiger partial charge in [0.2, 0.25) is 0 Å². The van der Waals surface area contributed by atoms with Gasteiger partial charge in [-0.05, 0) is 12.1 Å². The fourth-order valence-electron chi connectivity index (χ4n) is 1.33. The van der Waals surface area contributed by atoms with Gasteiger partial charge < -0.3 is 0 Å². The monoisotopic (exact) mass is 291 g/mol. The second-order valence-corrected chi connectivity index (χ2v) is 4.65. The zero-order valence-corrected chi connectivity index (χ0v) is 10.9. The summed E-state index contributed by atoms with van der Waals surface area (Å²) >= 11 is 23.9. The van der Waals surface area contributed by atoms with E-state index in [-0.39, 0.29) is 0 Å². The summed E-state index contributed by atoms with van der Waals surface area (Å²) in [6, 6.07) is 5.23. The molecule has 0 unspecified atom stereocenters. The summed E-state index contributed by atoms with van der Waals surface area (Å²) in [6.45, 7) is 0. The summed E-state index contributed by atoms with van der Waals surface area (Å²) in [4.78, 5) is 3.91. The van der Waals surface area contributed by atoms with Crippen molar-refractivity contribution in [2.45, 2.75) is 0 Å². The minimum absolute atomic E-state index is 0.328. The first-order valence-corrected chi connectivity index (χ1v) is 5.86. The minimum atomic E-state index is 0.328. The molecule has 0 N–H and O–H groups in total. The summed E-state index contributed by atoms with van der Waals surface area (Å²) in [5, 5.41) is 1.65. The highest BCUT2D eigenvalue weighted by Crippen LogP contribution is 2.39. The molecule has 0 spiro atoms. The van der Waals surface area contributed by atoms with E-state index >= 15 is 0 Å². The average molecular weight is 293 g/mol. The highest BCUT2D eigenvalue weighted by molar-refractivity contribution is 6.49. The molecule has 0 atom stereocenters. The van der Waals surface area contributed by atoms with Crippen LogP contribution in [0.3, 0.4) is 0 Å². The second-order valence-electron chi connectivity index (χ2n) is 3.08. The SMILES string of the molecule is Clc1cnccc1-c1ccc(Cl)c(Cl)c1Cl. The molecule has 1 nitrogen and oxygen atoms in total. The van der Waals surface area contributed by atoms with Crippen LogP contribution in [0.25, 0.3) is 11.1 Å². The molecule has 0 aliphatic heterocycles. The molecule has 0 radical (unpaired) electrons. The molecule has 16 heavy (non-hydrogen) atoms. The van der Waals surface area contributed by atoms with Gasteiger partial charge in [-0.1, -0.05) is 52.5 Å². The first-order valence-electron chi connectivity index (χ1n) is 4.34. The van der Waals surface area contributed by atoms with Crippen molar-refractivity contribution in [3.8, 4) is 11.1 Å². The van der Waals surface area contributed by atoms with Crippen LogP contribution in [0.1, 0.15) is 0 Å². The Bertz CT molecular complexity index is 540. The Balaban J connectivity index is 2.66. The number of hydrogen-bond donors (Lipinski definition) is 0. The smallest absolute Gasteiger partial charge is 0.0784 e. The second kappa shape index (κ2) is 4.80. The number of benzene rings is 1. The largest absolute Gasteiger partial charge is 0.263 e. The van der Waals surface area contributed by atoms with Crippen LogP contribution < -0.4 is 0 Å². The van der Waals surface area contributed by atoms with E-state index in [0.717, 1.165) is 11.1 Å². The molecule has 0 fully saturated rings. The van der Waals surface area contributed by atoms with Gasteiger partial charge in [0.15, 0.2) is 0 Å². The summed E-state index contributed by atoms with van der Waals surface area (Å²) in [7, 11) is 0. The number of hydrogen-bond acceptors (Lipinski definition) is 1. The van der Waals surface area contributed by atoms with Crippen LogP contribution in [0.4, 0.5) is 0 Å². The molecule has 1 aromatic carbocycles. The van der Waals surface area contributed by atoms with Crippen LogP contribution in [0.2, 0.25) is 20.1 Å². The highest BCUT2D eigenvalue weighted by Gasteiger charge is 2.12. The van der Waals surface area contributed by atoms with E-state index in [1.165, 1.54) is 0 Å². The van der Waals surface area contributed by atoms with Crippen molar-refractivity contribution in [1.82, 2.24) is 4.98 Å². The van der Waals surface area contributed by atoms with E-state index in [1.54, 1.807) is 30.6 Å². The van der Waals surface area contributed by atoms with Gasteiger partial charge in [-0.15, -0.1) is 0 Å². The Morgan fingerprint density at radius 2 is 1.50 bits per heavy atom. The standard InChI is InChI=1S/C11H5Cl4N/c12-8-2-1-7(10(14)11(8)15)6-3-4-16-5-9(6)13/h1-5H. The molecule has 82 valence electrons. The van der Waals surface area contributed by atoms with Gasteiger partial charge in [0.05, 0.1) is 20.1 Å². The predicted molar refractivity (Wildman–Crippen MR) is 69.7 cm³/mol. The van der Waals surface area contributed by atoms with Gasteiger partial charge in [0.25, 0.3) is 0 Å². The third kappa shape index (κ3) is 2.14. The number of aromatic nitrogens is 1. The van der Waals surface area contributed by atoms with Crippen molar-refractivity contribution in [3.63, 3.8) is 0 Å². The van der Waals surface area contributed by atoms with Crippen LogP contribution in [-0.4, -0.2) is 4.98 Å². The van der Waals surface area contributed by atoms with Gasteiger partial charge in [-0.3, -0.25) is 4.98 Å². The van der Waals surface area contributed by atoms with Gasteiger partial charge in [0, 0.05) is 23.5 Å². The molecule has 5 heteroatoms. The Morgan fingerprint density at radius 3 is 2.19 bits per heavy atom. The maximum atomic E-state index is 6.11. The molecule has 0 amide bonds. The van der Waals surface area contributed by atoms with E-state index < -0.39 is 0 Å². The predicted octanol–water partition coefficient (Wildman–Crippen LogP) is 5.36. The van der Waals surface area contributed by atoms with Crippen molar-refractivity contribution < 1.29 is 0 Å². The zero-order valence-electron chi connectivity index (χ0n) is 7.85. The lowest BCUT2D eigenvalue weighted by atomic mass is 10.1. The van der Waals surface area contributed by atoms with Crippen molar-refractivity contribution in [2.75, 3.05) is 0 Å². The van der Waals surface area contributed by atoms with Crippen molar-refractivity contribution in [3.05, 3.63) is 50.7 Å². The Labute approximate surface area is 113 Å². The third-order valence-corrected chi connectivity index (χ3v) is 3.69. The summed E-state index contributed by atoms with van der Waals surface area (Å²) in [5.74, 6) is 0. The van der Waals surface area contributed by atoms with E-state index in [9.17, 15) is 0 Å². The summed E-state index contributed by atoms with van der Waals surface area (Å²) in [6.07, 6.45) is 3.19. The van der Waals surface area contributed by atoms with E-state index in [1.807, 2.05) is 0 Å². The summed E-state index contributed by atoms with van der Waals surface area (Å²) < 4.78 is 0. The summed E-state index contributed by atoms with van der Waals surface area (Å²) in [5.41, 5.74) is 1.52. The maximum Gasteiger partial charge on any atom is 0.0784 e. The molecule has 0 saturated heterocycles. The first kappa shape index (κ1) is 12.0. The van der Waals surface area contributed by atoms with Crippen LogP contribution in [-0.2, 0) is 0 Å². The number of nitrogens with zero attached hydrogens (tertiary/aromatic N) is 1. The van der Waals surface area contributed by atoms with Crippen molar-refractivity contribution in [1.29, 1.82) is 0 Å². The average Bonchev–Trinajstić information content (AvgIpc) is 2.28. The highest BCUT2D eigenvalue weighted by atomic mass is 35.5. The molecule has 2 aromatic rings. The normalized spacial score (nSPS) is 10.5. The molecule has 0 aliphatic rings. The lowest BCUT2D eigenvalue weighted by Crippen LogP contribution is -1.84. The fraction of sp³-hybridized carbons (Fsp3) is 0. The topological polar surface area (TPSA) is 12.9 Å². The van der Waals surface area contributed by atoms with E-state index in [0.29, 0.717) is 20.1 Å². The molecule has 0 bridgehead atoms. The maximum absolute atomic E-state index is 6.11. The van der Waals surface area contributed by atoms with Crippen LogP contribution in [0.15, 0.2) is 30.6 Å². The zero-order chi connectivity index (χ0) is 11.7. The van der Waals surface area contributed by atoms with Gasteiger partial charge >= 0.3 is 0 Å². The van der Waals surface area contributed by atoms with Crippen molar-refractivity contribution >= 4 is 46.4 Å². The Hall–Kier alpha value is -0.470. The number of halogens is 4. The molecular formula is C11H5Cl4N. The van der Waals surface area contributed by atoms with Gasteiger partial charge in [-0.2, -0.15) is 0 Å². The van der Waals surface area contributed by atoms with Gasteiger partial charge in [-0.25, -0.2) is 0 Å². The lowest BCUT2D eigenvalue weighted by molar-refractivity contribution is 1.33. The van der Waals surface area contributed by atoms with Crippen molar-refractivity contribution in [2.24, 2.45) is 0 Å². The molecular weight excluding hydrogens is 288 g/mol. The van der Waals surface area contributed by atoms with E-state index in [4.69, 9.17) is 46.4 Å². The minimum Gasteiger partial charge on any atom is -0.263 e. The van der Waals surface area contributed by atoms with E-state index in [2.05, 4.69) is 4.98 Å².